The van der Waals surface area contributed by atoms with Crippen LogP contribution in [0.15, 0.2) is 66.0 Å². The largest absolute Gasteiger partial charge is 0.494 e. The van der Waals surface area contributed by atoms with Crippen molar-refractivity contribution in [2.75, 3.05) is 17.7 Å². The standard InChI is InChI=1S/C22H18ClFN4O2S/c1-2-30-16-6-3-14(4-7-16)19-12-20-22(25-9-10-28(20)27-19)31-13-21(29)26-18-8-5-15(23)11-17(18)24/h3-12H,2,13H2,1H3,(H,26,29). The van der Waals surface area contributed by atoms with Gasteiger partial charge in [0.2, 0.25) is 5.91 Å². The number of carbonyl (C=O) groups is 1. The summed E-state index contributed by atoms with van der Waals surface area (Å²) in [7, 11) is 0. The summed E-state index contributed by atoms with van der Waals surface area (Å²) in [6.07, 6.45) is 3.38. The molecule has 31 heavy (non-hydrogen) atoms. The van der Waals surface area contributed by atoms with Gasteiger partial charge in [0, 0.05) is 23.0 Å². The molecule has 4 rings (SSSR count). The van der Waals surface area contributed by atoms with Gasteiger partial charge in [-0.2, -0.15) is 5.10 Å². The number of hydrogen-bond donors (Lipinski definition) is 1. The van der Waals surface area contributed by atoms with E-state index in [0.717, 1.165) is 28.6 Å². The molecule has 0 saturated carbocycles. The van der Waals surface area contributed by atoms with Crippen LogP contribution in [0.5, 0.6) is 5.75 Å². The van der Waals surface area contributed by atoms with Crippen LogP contribution in [-0.2, 0) is 4.79 Å². The molecule has 2 aromatic carbocycles. The number of hydrogen-bond acceptors (Lipinski definition) is 5. The lowest BCUT2D eigenvalue weighted by molar-refractivity contribution is -0.113. The highest BCUT2D eigenvalue weighted by atomic mass is 35.5. The third-order valence-corrected chi connectivity index (χ3v) is 5.59. The zero-order valence-electron chi connectivity index (χ0n) is 16.5. The Morgan fingerprint density at radius 1 is 1.23 bits per heavy atom. The first-order valence-corrected chi connectivity index (χ1v) is 10.8. The second kappa shape index (κ2) is 9.36. The summed E-state index contributed by atoms with van der Waals surface area (Å²) in [6.45, 7) is 2.55. The zero-order valence-corrected chi connectivity index (χ0v) is 18.1. The maximum atomic E-state index is 13.9. The van der Waals surface area contributed by atoms with Crippen LogP contribution < -0.4 is 10.1 Å². The molecule has 0 saturated heterocycles. The number of ether oxygens (including phenoxy) is 1. The Hall–Kier alpha value is -3.10. The predicted octanol–water partition coefficient (Wildman–Crippen LogP) is 5.32. The fourth-order valence-electron chi connectivity index (χ4n) is 2.95. The normalized spacial score (nSPS) is 10.9. The molecule has 1 N–H and O–H groups in total. The van der Waals surface area contributed by atoms with Crippen LogP contribution in [0.3, 0.4) is 0 Å². The number of amides is 1. The molecule has 6 nitrogen and oxygen atoms in total. The Bertz CT molecular complexity index is 1230. The summed E-state index contributed by atoms with van der Waals surface area (Å²) >= 11 is 6.99. The summed E-state index contributed by atoms with van der Waals surface area (Å²) in [6, 6.07) is 13.7. The third-order valence-electron chi connectivity index (χ3n) is 4.36. The summed E-state index contributed by atoms with van der Waals surface area (Å²) < 4.78 is 21.1. The van der Waals surface area contributed by atoms with Crippen molar-refractivity contribution >= 4 is 40.5 Å². The molecule has 0 aliphatic rings. The van der Waals surface area contributed by atoms with Gasteiger partial charge in [0.25, 0.3) is 0 Å². The minimum absolute atomic E-state index is 0.0678. The van der Waals surface area contributed by atoms with Gasteiger partial charge >= 0.3 is 0 Å². The quantitative estimate of drug-likeness (QED) is 0.381. The molecule has 158 valence electrons. The Labute approximate surface area is 187 Å². The maximum absolute atomic E-state index is 13.9. The Balaban J connectivity index is 1.48. The predicted molar refractivity (Wildman–Crippen MR) is 120 cm³/mol. The smallest absolute Gasteiger partial charge is 0.234 e. The molecule has 0 radical (unpaired) electrons. The van der Waals surface area contributed by atoms with Crippen LogP contribution in [0, 0.1) is 5.82 Å². The van der Waals surface area contributed by atoms with Crippen LogP contribution in [0.25, 0.3) is 16.8 Å². The number of fused-ring (bicyclic) bond motifs is 1. The molecule has 9 heteroatoms. The molecule has 0 bridgehead atoms. The number of aromatic nitrogens is 3. The lowest BCUT2D eigenvalue weighted by Crippen LogP contribution is -2.15. The van der Waals surface area contributed by atoms with Crippen molar-refractivity contribution in [1.82, 2.24) is 14.6 Å². The Kier molecular flexibility index (Phi) is 6.39. The van der Waals surface area contributed by atoms with Gasteiger partial charge < -0.3 is 10.1 Å². The topological polar surface area (TPSA) is 68.5 Å². The van der Waals surface area contributed by atoms with E-state index in [-0.39, 0.29) is 22.4 Å². The first kappa shape index (κ1) is 21.1. The van der Waals surface area contributed by atoms with E-state index in [4.69, 9.17) is 16.3 Å². The first-order chi connectivity index (χ1) is 15.0. The molecule has 0 aliphatic carbocycles. The van der Waals surface area contributed by atoms with Crippen LogP contribution in [0.1, 0.15) is 6.92 Å². The lowest BCUT2D eigenvalue weighted by atomic mass is 10.1. The summed E-state index contributed by atoms with van der Waals surface area (Å²) in [5.74, 6) is -0.0580. The Morgan fingerprint density at radius 2 is 2.03 bits per heavy atom. The van der Waals surface area contributed by atoms with Crippen LogP contribution in [-0.4, -0.2) is 32.9 Å². The average Bonchev–Trinajstić information content (AvgIpc) is 3.20. The monoisotopic (exact) mass is 456 g/mol. The number of benzene rings is 2. The van der Waals surface area contributed by atoms with Crippen molar-refractivity contribution in [2.45, 2.75) is 11.9 Å². The van der Waals surface area contributed by atoms with Gasteiger partial charge in [-0.3, -0.25) is 4.79 Å². The van der Waals surface area contributed by atoms with E-state index >= 15 is 0 Å². The van der Waals surface area contributed by atoms with E-state index in [1.165, 1.54) is 23.9 Å². The fraction of sp³-hybridized carbons (Fsp3) is 0.136. The Morgan fingerprint density at radius 3 is 2.77 bits per heavy atom. The number of carbonyl (C=O) groups excluding carboxylic acids is 1. The van der Waals surface area contributed by atoms with E-state index in [0.29, 0.717) is 11.6 Å². The summed E-state index contributed by atoms with van der Waals surface area (Å²) in [5.41, 5.74) is 2.59. The number of halogens is 2. The van der Waals surface area contributed by atoms with E-state index < -0.39 is 5.82 Å². The summed E-state index contributed by atoms with van der Waals surface area (Å²) in [5, 5.41) is 8.06. The van der Waals surface area contributed by atoms with Gasteiger partial charge in [-0.1, -0.05) is 23.4 Å². The number of anilines is 1. The fourth-order valence-corrected chi connectivity index (χ4v) is 3.88. The van der Waals surface area contributed by atoms with E-state index in [1.54, 1.807) is 16.9 Å². The lowest BCUT2D eigenvalue weighted by Gasteiger charge is -2.07. The molecule has 2 heterocycles. The molecular weight excluding hydrogens is 439 g/mol. The average molecular weight is 457 g/mol. The number of thioether (sulfide) groups is 1. The number of nitrogens with one attached hydrogen (secondary N) is 1. The minimum Gasteiger partial charge on any atom is -0.494 e. The van der Waals surface area contributed by atoms with Gasteiger partial charge in [-0.05, 0) is 55.5 Å². The highest BCUT2D eigenvalue weighted by molar-refractivity contribution is 8.00. The van der Waals surface area contributed by atoms with Crippen molar-refractivity contribution in [3.05, 3.63) is 71.8 Å². The highest BCUT2D eigenvalue weighted by Gasteiger charge is 2.13. The zero-order chi connectivity index (χ0) is 21.8. The molecule has 2 aromatic heterocycles. The van der Waals surface area contributed by atoms with Gasteiger partial charge in [-0.15, -0.1) is 0 Å². The molecule has 1 amide bonds. The van der Waals surface area contributed by atoms with Crippen molar-refractivity contribution < 1.29 is 13.9 Å². The summed E-state index contributed by atoms with van der Waals surface area (Å²) in [4.78, 5) is 16.6. The third kappa shape index (κ3) is 4.98. The second-order valence-corrected chi connectivity index (χ2v) is 7.91. The molecule has 0 spiro atoms. The van der Waals surface area contributed by atoms with Crippen LogP contribution in [0.2, 0.25) is 5.02 Å². The molecule has 4 aromatic rings. The van der Waals surface area contributed by atoms with Crippen molar-refractivity contribution in [2.24, 2.45) is 0 Å². The van der Waals surface area contributed by atoms with Crippen molar-refractivity contribution in [1.29, 1.82) is 0 Å². The van der Waals surface area contributed by atoms with Gasteiger partial charge in [-0.25, -0.2) is 13.9 Å². The van der Waals surface area contributed by atoms with Crippen LogP contribution >= 0.6 is 23.4 Å². The van der Waals surface area contributed by atoms with Crippen molar-refractivity contribution in [3.8, 4) is 17.0 Å². The number of rotatable bonds is 7. The molecule has 0 aliphatic heterocycles. The number of nitrogens with zero attached hydrogens (tertiary/aromatic N) is 3. The van der Waals surface area contributed by atoms with Gasteiger partial charge in [0.05, 0.1) is 29.3 Å². The van der Waals surface area contributed by atoms with Gasteiger partial charge in [0.15, 0.2) is 0 Å². The second-order valence-electron chi connectivity index (χ2n) is 6.51. The van der Waals surface area contributed by atoms with E-state index in [9.17, 15) is 9.18 Å². The molecular formula is C22H18ClFN4O2S. The SMILES string of the molecule is CCOc1ccc(-c2cc3c(SCC(=O)Nc4ccc(Cl)cc4F)nccn3n2)cc1. The van der Waals surface area contributed by atoms with E-state index in [2.05, 4.69) is 15.4 Å². The molecule has 0 unspecified atom stereocenters. The minimum atomic E-state index is -0.582. The molecule has 0 fully saturated rings. The van der Waals surface area contributed by atoms with Crippen LogP contribution in [0.4, 0.5) is 10.1 Å². The van der Waals surface area contributed by atoms with Gasteiger partial charge in [0.1, 0.15) is 16.6 Å². The maximum Gasteiger partial charge on any atom is 0.234 e. The first-order valence-electron chi connectivity index (χ1n) is 9.49. The van der Waals surface area contributed by atoms with E-state index in [1.807, 2.05) is 37.3 Å². The van der Waals surface area contributed by atoms with Crippen molar-refractivity contribution in [3.63, 3.8) is 0 Å². The molecule has 0 atom stereocenters. The highest BCUT2D eigenvalue weighted by Crippen LogP contribution is 2.27.